The van der Waals surface area contributed by atoms with Gasteiger partial charge < -0.3 is 15.4 Å². The zero-order chi connectivity index (χ0) is 13.9. The van der Waals surface area contributed by atoms with Crippen molar-refractivity contribution in [2.75, 3.05) is 24.6 Å². The molecule has 2 atom stereocenters. The van der Waals surface area contributed by atoms with Crippen LogP contribution in [-0.2, 0) is 11.2 Å². The van der Waals surface area contributed by atoms with Crippen molar-refractivity contribution in [2.45, 2.75) is 51.2 Å². The average molecular weight is 274 g/mol. The highest BCUT2D eigenvalue weighted by Crippen LogP contribution is 2.34. The van der Waals surface area contributed by atoms with Gasteiger partial charge in [-0.2, -0.15) is 0 Å². The molecule has 1 aromatic rings. The first-order valence-electron chi connectivity index (χ1n) is 7.97. The highest BCUT2D eigenvalue weighted by molar-refractivity contribution is 5.56. The van der Waals surface area contributed by atoms with Crippen LogP contribution in [0.1, 0.15) is 36.8 Å². The number of hydrogen-bond acceptors (Lipinski definition) is 3. The summed E-state index contributed by atoms with van der Waals surface area (Å²) in [6.07, 6.45) is 6.54. The van der Waals surface area contributed by atoms with Gasteiger partial charge in [-0.1, -0.05) is 30.5 Å². The van der Waals surface area contributed by atoms with Crippen LogP contribution in [0.3, 0.4) is 0 Å². The minimum Gasteiger partial charge on any atom is -0.374 e. The third-order valence-electron chi connectivity index (χ3n) is 4.69. The summed E-state index contributed by atoms with van der Waals surface area (Å²) in [7, 11) is 0. The van der Waals surface area contributed by atoms with E-state index >= 15 is 0 Å². The molecule has 1 aromatic carbocycles. The van der Waals surface area contributed by atoms with Crippen molar-refractivity contribution >= 4 is 5.69 Å². The Hall–Kier alpha value is -1.06. The maximum Gasteiger partial charge on any atom is 0.0779 e. The van der Waals surface area contributed by atoms with Crippen molar-refractivity contribution in [3.63, 3.8) is 0 Å². The monoisotopic (exact) mass is 274 g/mol. The van der Waals surface area contributed by atoms with Crippen molar-refractivity contribution in [1.82, 2.24) is 0 Å². The van der Waals surface area contributed by atoms with Gasteiger partial charge in [0.25, 0.3) is 0 Å². The summed E-state index contributed by atoms with van der Waals surface area (Å²) in [5.41, 5.74) is 9.91. The second-order valence-corrected chi connectivity index (χ2v) is 6.13. The first-order chi connectivity index (χ1) is 9.79. The molecule has 2 fully saturated rings. The number of rotatable bonds is 3. The van der Waals surface area contributed by atoms with Gasteiger partial charge in [0.15, 0.2) is 0 Å². The van der Waals surface area contributed by atoms with Crippen molar-refractivity contribution < 1.29 is 4.74 Å². The van der Waals surface area contributed by atoms with E-state index in [2.05, 4.69) is 30.0 Å². The van der Waals surface area contributed by atoms with Crippen LogP contribution in [0.25, 0.3) is 0 Å². The molecule has 0 radical (unpaired) electrons. The van der Waals surface area contributed by atoms with E-state index in [4.69, 9.17) is 10.5 Å². The Kier molecular flexibility index (Phi) is 4.27. The quantitative estimate of drug-likeness (QED) is 0.921. The largest absolute Gasteiger partial charge is 0.374 e. The van der Waals surface area contributed by atoms with Gasteiger partial charge in [-0.15, -0.1) is 0 Å². The summed E-state index contributed by atoms with van der Waals surface area (Å²) in [6, 6.07) is 7.38. The van der Waals surface area contributed by atoms with E-state index in [1.165, 1.54) is 42.5 Å². The van der Waals surface area contributed by atoms with Gasteiger partial charge in [0, 0.05) is 12.2 Å². The molecule has 2 aliphatic rings. The van der Waals surface area contributed by atoms with E-state index < -0.39 is 0 Å². The number of benzene rings is 1. The zero-order valence-corrected chi connectivity index (χ0v) is 12.5. The second-order valence-electron chi connectivity index (χ2n) is 6.13. The zero-order valence-electron chi connectivity index (χ0n) is 12.5. The van der Waals surface area contributed by atoms with Crippen LogP contribution in [0.2, 0.25) is 0 Å². The lowest BCUT2D eigenvalue weighted by Gasteiger charge is -2.45. The molecule has 2 unspecified atom stereocenters. The molecule has 1 heterocycles. The molecule has 3 nitrogen and oxygen atoms in total. The van der Waals surface area contributed by atoms with Crippen LogP contribution >= 0.6 is 0 Å². The molecular weight excluding hydrogens is 248 g/mol. The third-order valence-corrected chi connectivity index (χ3v) is 4.69. The molecule has 1 aliphatic carbocycles. The van der Waals surface area contributed by atoms with Gasteiger partial charge in [0.05, 0.1) is 18.8 Å². The molecule has 0 spiro atoms. The van der Waals surface area contributed by atoms with E-state index in [9.17, 15) is 0 Å². The van der Waals surface area contributed by atoms with E-state index in [-0.39, 0.29) is 0 Å². The summed E-state index contributed by atoms with van der Waals surface area (Å²) < 4.78 is 5.99. The number of nitrogens with two attached hydrogens (primary N) is 1. The van der Waals surface area contributed by atoms with Crippen molar-refractivity contribution in [3.8, 4) is 0 Å². The molecule has 1 saturated heterocycles. The van der Waals surface area contributed by atoms with Crippen LogP contribution in [0.5, 0.6) is 0 Å². The van der Waals surface area contributed by atoms with Gasteiger partial charge in [-0.05, 0) is 44.4 Å². The number of fused-ring (bicyclic) bond motifs is 1. The van der Waals surface area contributed by atoms with Crippen molar-refractivity contribution in [1.29, 1.82) is 0 Å². The molecular formula is C17H26N2O. The molecule has 110 valence electrons. The smallest absolute Gasteiger partial charge is 0.0779 e. The number of nitrogens with zero attached hydrogens (tertiary/aromatic N) is 1. The molecule has 3 heteroatoms. The summed E-state index contributed by atoms with van der Waals surface area (Å²) in [4.78, 5) is 2.60. The molecule has 1 aliphatic heterocycles. The standard InChI is InChI=1S/C17H26N2O/c1-13-6-7-15(14(12-13)8-9-18)19-10-11-20-17-5-3-2-4-16(17)19/h6-7,12,16-17H,2-5,8-11,18H2,1H3. The lowest BCUT2D eigenvalue weighted by Crippen LogP contribution is -2.53. The van der Waals surface area contributed by atoms with E-state index in [0.29, 0.717) is 12.1 Å². The Morgan fingerprint density at radius 1 is 1.30 bits per heavy atom. The van der Waals surface area contributed by atoms with E-state index in [1.54, 1.807) is 0 Å². The van der Waals surface area contributed by atoms with Gasteiger partial charge in [0.2, 0.25) is 0 Å². The minimum atomic E-state index is 0.435. The van der Waals surface area contributed by atoms with Crippen molar-refractivity contribution in [3.05, 3.63) is 29.3 Å². The Morgan fingerprint density at radius 2 is 2.15 bits per heavy atom. The van der Waals surface area contributed by atoms with Crippen LogP contribution in [0, 0.1) is 6.92 Å². The van der Waals surface area contributed by atoms with Crippen molar-refractivity contribution in [2.24, 2.45) is 5.73 Å². The Labute approximate surface area is 122 Å². The van der Waals surface area contributed by atoms with Crippen LogP contribution in [-0.4, -0.2) is 31.8 Å². The first-order valence-corrected chi connectivity index (χ1v) is 7.97. The molecule has 2 N–H and O–H groups in total. The number of ether oxygens (including phenoxy) is 1. The number of morpholine rings is 1. The summed E-state index contributed by atoms with van der Waals surface area (Å²) >= 11 is 0. The average Bonchev–Trinajstić information content (AvgIpc) is 2.47. The fourth-order valence-electron chi connectivity index (χ4n) is 3.75. The molecule has 1 saturated carbocycles. The Balaban J connectivity index is 1.90. The number of aryl methyl sites for hydroxylation is 1. The van der Waals surface area contributed by atoms with E-state index in [1.807, 2.05) is 0 Å². The molecule has 0 aromatic heterocycles. The Bertz CT molecular complexity index is 458. The minimum absolute atomic E-state index is 0.435. The SMILES string of the molecule is Cc1ccc(N2CCOC3CCCCC32)c(CCN)c1. The molecule has 20 heavy (non-hydrogen) atoms. The first kappa shape index (κ1) is 13.9. The predicted octanol–water partition coefficient (Wildman–Crippen LogP) is 2.64. The lowest BCUT2D eigenvalue weighted by atomic mass is 9.89. The molecule has 3 rings (SSSR count). The fourth-order valence-corrected chi connectivity index (χ4v) is 3.75. The topological polar surface area (TPSA) is 38.5 Å². The van der Waals surface area contributed by atoms with Gasteiger partial charge in [-0.25, -0.2) is 0 Å². The number of anilines is 1. The normalized spacial score (nSPS) is 26.4. The lowest BCUT2D eigenvalue weighted by molar-refractivity contribution is -0.00873. The van der Waals surface area contributed by atoms with Gasteiger partial charge >= 0.3 is 0 Å². The maximum atomic E-state index is 5.99. The second kappa shape index (κ2) is 6.15. The highest BCUT2D eigenvalue weighted by atomic mass is 16.5. The van der Waals surface area contributed by atoms with Gasteiger partial charge in [0.1, 0.15) is 0 Å². The molecule has 0 amide bonds. The summed E-state index contributed by atoms with van der Waals surface area (Å²) in [5.74, 6) is 0. The third kappa shape index (κ3) is 2.70. The van der Waals surface area contributed by atoms with Gasteiger partial charge in [-0.3, -0.25) is 0 Å². The maximum absolute atomic E-state index is 5.99. The fraction of sp³-hybridized carbons (Fsp3) is 0.647. The summed E-state index contributed by atoms with van der Waals surface area (Å²) in [6.45, 7) is 4.75. The molecule has 0 bridgehead atoms. The van der Waals surface area contributed by atoms with Crippen LogP contribution in [0.4, 0.5) is 5.69 Å². The Morgan fingerprint density at radius 3 is 3.00 bits per heavy atom. The highest BCUT2D eigenvalue weighted by Gasteiger charge is 2.34. The predicted molar refractivity (Wildman–Crippen MR) is 83.3 cm³/mol. The number of hydrogen-bond donors (Lipinski definition) is 1. The van der Waals surface area contributed by atoms with Crippen LogP contribution < -0.4 is 10.6 Å². The van der Waals surface area contributed by atoms with E-state index in [0.717, 1.165) is 26.1 Å². The summed E-state index contributed by atoms with van der Waals surface area (Å²) in [5, 5.41) is 0. The van der Waals surface area contributed by atoms with Crippen LogP contribution in [0.15, 0.2) is 18.2 Å².